The summed E-state index contributed by atoms with van der Waals surface area (Å²) in [6, 6.07) is 13.3. The number of hydrogen-bond donors (Lipinski definition) is 0. The third kappa shape index (κ3) is 7.23. The fourth-order valence-corrected chi connectivity index (χ4v) is 7.02. The summed E-state index contributed by atoms with van der Waals surface area (Å²) in [7, 11) is 3.08. The van der Waals surface area contributed by atoms with Crippen molar-refractivity contribution < 1.29 is 28.5 Å². The van der Waals surface area contributed by atoms with Crippen molar-refractivity contribution in [3.05, 3.63) is 111 Å². The number of fused-ring (bicyclic) bond motifs is 1. The molecule has 4 aromatic rings. The van der Waals surface area contributed by atoms with Crippen molar-refractivity contribution in [2.24, 2.45) is 4.99 Å². The molecule has 0 unspecified atom stereocenters. The fraction of sp³-hybridized carbons (Fsp3) is 0.265. The van der Waals surface area contributed by atoms with Gasteiger partial charge in [0.2, 0.25) is 0 Å². The lowest BCUT2D eigenvalue weighted by Gasteiger charge is -2.26. The number of aromatic nitrogens is 1. The monoisotopic (exact) mass is 760 g/mol. The molecule has 246 valence electrons. The zero-order valence-electron chi connectivity index (χ0n) is 26.2. The van der Waals surface area contributed by atoms with Crippen molar-refractivity contribution >= 4 is 62.5 Å². The minimum absolute atomic E-state index is 0.162. The lowest BCUT2D eigenvalue weighted by molar-refractivity contribution is -0.139. The van der Waals surface area contributed by atoms with Crippen LogP contribution in [-0.4, -0.2) is 38.0 Å². The minimum atomic E-state index is -0.849. The Kier molecular flexibility index (Phi) is 11.0. The van der Waals surface area contributed by atoms with Crippen LogP contribution in [0.2, 0.25) is 10.0 Å². The highest BCUT2D eigenvalue weighted by Gasteiger charge is 2.35. The van der Waals surface area contributed by atoms with E-state index >= 15 is 0 Å². The average molecular weight is 763 g/mol. The Morgan fingerprint density at radius 3 is 2.38 bits per heavy atom. The Bertz CT molecular complexity index is 2060. The number of carbonyl (C=O) groups excluding carboxylic acids is 1. The van der Waals surface area contributed by atoms with E-state index in [0.29, 0.717) is 70.3 Å². The third-order valence-electron chi connectivity index (χ3n) is 7.26. The van der Waals surface area contributed by atoms with Gasteiger partial charge in [0.25, 0.3) is 5.56 Å². The van der Waals surface area contributed by atoms with Gasteiger partial charge in [-0.25, -0.2) is 9.79 Å². The van der Waals surface area contributed by atoms with Gasteiger partial charge >= 0.3 is 5.97 Å². The maximum atomic E-state index is 14.2. The summed E-state index contributed by atoms with van der Waals surface area (Å²) < 4.78 is 30.9. The van der Waals surface area contributed by atoms with Crippen LogP contribution in [0.5, 0.6) is 23.0 Å². The average Bonchev–Trinajstić information content (AvgIpc) is 3.35. The molecule has 0 amide bonds. The molecule has 0 saturated heterocycles. The number of methoxy groups -OCH3 is 2. The van der Waals surface area contributed by atoms with Crippen LogP contribution in [0.3, 0.4) is 0 Å². The molecule has 0 N–H and O–H groups in total. The fourth-order valence-electron chi connectivity index (χ4n) is 5.11. The molecule has 13 heteroatoms. The van der Waals surface area contributed by atoms with E-state index in [-0.39, 0.29) is 24.3 Å². The summed E-state index contributed by atoms with van der Waals surface area (Å²) in [5, 5.41) is 0.908. The smallest absolute Gasteiger partial charge is 0.338 e. The van der Waals surface area contributed by atoms with Gasteiger partial charge in [0.05, 0.1) is 59.3 Å². The first-order valence-corrected chi connectivity index (χ1v) is 16.9. The van der Waals surface area contributed by atoms with Gasteiger partial charge in [-0.3, -0.25) is 9.36 Å². The van der Waals surface area contributed by atoms with Crippen molar-refractivity contribution in [2.45, 2.75) is 33.4 Å². The molecule has 0 fully saturated rings. The second-order valence-corrected chi connectivity index (χ2v) is 12.9. The molecule has 1 aromatic heterocycles. The standard InChI is InChI=1S/C34H31BrCl2N2O7S/c1-6-44-28-16-22(35)21(15-27(28)43-5)31-30(33(41)45-7-2)18(3)38-34-39(31)32(40)29(47-34)14-19-9-11-25(26(13-19)42-4)46-17-20-8-10-23(36)24(37)12-20/h8-16,31H,6-7,17H2,1-5H3/b29-14+/t31-/m0/s1. The number of esters is 1. The van der Waals surface area contributed by atoms with E-state index in [0.717, 1.165) is 5.56 Å². The molecule has 0 spiro atoms. The first-order chi connectivity index (χ1) is 22.6. The van der Waals surface area contributed by atoms with Gasteiger partial charge in [0.15, 0.2) is 27.8 Å². The zero-order valence-corrected chi connectivity index (χ0v) is 30.1. The van der Waals surface area contributed by atoms with Gasteiger partial charge in [-0.05, 0) is 79.9 Å². The molecular weight excluding hydrogens is 731 g/mol. The number of halogens is 3. The molecule has 1 aliphatic rings. The van der Waals surface area contributed by atoms with E-state index in [2.05, 4.69) is 20.9 Å². The molecule has 3 aromatic carbocycles. The molecule has 1 atom stereocenters. The van der Waals surface area contributed by atoms with Crippen molar-refractivity contribution in [1.29, 1.82) is 0 Å². The van der Waals surface area contributed by atoms with Gasteiger partial charge in [0.1, 0.15) is 6.61 Å². The molecule has 0 bridgehead atoms. The molecule has 9 nitrogen and oxygen atoms in total. The van der Waals surface area contributed by atoms with Gasteiger partial charge < -0.3 is 23.7 Å². The lowest BCUT2D eigenvalue weighted by atomic mass is 9.95. The third-order valence-corrected chi connectivity index (χ3v) is 9.67. The summed E-state index contributed by atoms with van der Waals surface area (Å²) in [6.45, 7) is 6.18. The van der Waals surface area contributed by atoms with E-state index in [1.54, 1.807) is 63.4 Å². The highest BCUT2D eigenvalue weighted by molar-refractivity contribution is 9.10. The van der Waals surface area contributed by atoms with E-state index < -0.39 is 12.0 Å². The number of carbonyl (C=O) groups is 1. The largest absolute Gasteiger partial charge is 0.493 e. The first-order valence-electron chi connectivity index (χ1n) is 14.5. The zero-order chi connectivity index (χ0) is 33.8. The predicted molar refractivity (Wildman–Crippen MR) is 186 cm³/mol. The number of thiazole rings is 1. The number of ether oxygens (including phenoxy) is 5. The van der Waals surface area contributed by atoms with Crippen LogP contribution in [0.1, 0.15) is 43.5 Å². The van der Waals surface area contributed by atoms with Crippen LogP contribution >= 0.6 is 50.5 Å². The van der Waals surface area contributed by atoms with E-state index in [1.165, 1.54) is 23.0 Å². The van der Waals surface area contributed by atoms with Crippen LogP contribution in [0.4, 0.5) is 0 Å². The molecule has 0 radical (unpaired) electrons. The second-order valence-electron chi connectivity index (χ2n) is 10.2. The number of benzene rings is 3. The maximum Gasteiger partial charge on any atom is 0.338 e. The number of allylic oxidation sites excluding steroid dienone is 1. The van der Waals surface area contributed by atoms with Crippen LogP contribution < -0.4 is 33.8 Å². The van der Waals surface area contributed by atoms with Crippen molar-refractivity contribution in [3.63, 3.8) is 0 Å². The summed E-state index contributed by atoms with van der Waals surface area (Å²) in [6.07, 6.45) is 1.75. The molecular formula is C34H31BrCl2N2O7S. The van der Waals surface area contributed by atoms with Gasteiger partial charge in [-0.1, -0.05) is 62.6 Å². The normalized spacial score (nSPS) is 14.4. The molecule has 0 saturated carbocycles. The Morgan fingerprint density at radius 2 is 1.70 bits per heavy atom. The highest BCUT2D eigenvalue weighted by atomic mass is 79.9. The Hall–Kier alpha value is -3.77. The maximum absolute atomic E-state index is 14.2. The van der Waals surface area contributed by atoms with E-state index in [1.807, 2.05) is 19.1 Å². The molecule has 0 aliphatic carbocycles. The second kappa shape index (κ2) is 15.0. The van der Waals surface area contributed by atoms with Crippen LogP contribution in [0.25, 0.3) is 6.08 Å². The number of nitrogens with zero attached hydrogens (tertiary/aromatic N) is 2. The lowest BCUT2D eigenvalue weighted by Crippen LogP contribution is -2.40. The van der Waals surface area contributed by atoms with Crippen molar-refractivity contribution in [3.8, 4) is 23.0 Å². The van der Waals surface area contributed by atoms with Gasteiger partial charge in [0, 0.05) is 4.47 Å². The quantitative estimate of drug-likeness (QED) is 0.154. The minimum Gasteiger partial charge on any atom is -0.493 e. The van der Waals surface area contributed by atoms with Gasteiger partial charge in [-0.15, -0.1) is 0 Å². The first kappa shape index (κ1) is 34.6. The molecule has 5 rings (SSSR count). The van der Waals surface area contributed by atoms with Gasteiger partial charge in [-0.2, -0.15) is 0 Å². The number of rotatable bonds is 11. The van der Waals surface area contributed by atoms with Crippen LogP contribution in [0, 0.1) is 0 Å². The molecule has 2 heterocycles. The Balaban J connectivity index is 1.58. The molecule has 1 aliphatic heterocycles. The predicted octanol–water partition coefficient (Wildman–Crippen LogP) is 6.86. The highest BCUT2D eigenvalue weighted by Crippen LogP contribution is 2.41. The topological polar surface area (TPSA) is 97.6 Å². The SMILES string of the molecule is CCOC(=O)C1=C(C)N=c2s/c(=C/c3ccc(OCc4ccc(Cl)c(Cl)c4)c(OC)c3)c(=O)n2[C@H]1c1cc(OC)c(OCC)cc1Br. The van der Waals surface area contributed by atoms with Crippen molar-refractivity contribution in [1.82, 2.24) is 4.57 Å². The summed E-state index contributed by atoms with van der Waals surface area (Å²) >= 11 is 17.0. The Labute approximate surface area is 293 Å². The summed E-state index contributed by atoms with van der Waals surface area (Å²) in [5.41, 5.74) is 2.53. The van der Waals surface area contributed by atoms with Crippen LogP contribution in [0.15, 0.2) is 74.1 Å². The number of hydrogen-bond acceptors (Lipinski definition) is 9. The Morgan fingerprint density at radius 1 is 0.957 bits per heavy atom. The van der Waals surface area contributed by atoms with Crippen LogP contribution in [-0.2, 0) is 16.1 Å². The summed E-state index contributed by atoms with van der Waals surface area (Å²) in [5.74, 6) is 1.42. The van der Waals surface area contributed by atoms with E-state index in [4.69, 9.17) is 46.9 Å². The summed E-state index contributed by atoms with van der Waals surface area (Å²) in [4.78, 5) is 32.6. The molecule has 47 heavy (non-hydrogen) atoms. The van der Waals surface area contributed by atoms with E-state index in [9.17, 15) is 9.59 Å². The van der Waals surface area contributed by atoms with Crippen molar-refractivity contribution in [2.75, 3.05) is 27.4 Å².